The third kappa shape index (κ3) is 2.64. The topological polar surface area (TPSA) is 60.7 Å². The van der Waals surface area contributed by atoms with Gasteiger partial charge in [-0.25, -0.2) is 0 Å². The lowest BCUT2D eigenvalue weighted by Gasteiger charge is -2.22. The third-order valence-corrected chi connectivity index (χ3v) is 1.75. The summed E-state index contributed by atoms with van der Waals surface area (Å²) >= 11 is 0. The standard InChI is InChI=1S/C7H16O3/c1-5(2)6(3-8)7(10)4-9/h5-10H,3-4H2,1-2H3/t6?,7-/m0/s1. The van der Waals surface area contributed by atoms with Crippen LogP contribution in [0, 0.1) is 11.8 Å². The molecule has 0 aliphatic heterocycles. The molecule has 0 amide bonds. The maximum atomic E-state index is 9.08. The molecule has 0 aromatic rings. The van der Waals surface area contributed by atoms with E-state index in [1.54, 1.807) is 0 Å². The van der Waals surface area contributed by atoms with E-state index in [1.807, 2.05) is 13.8 Å². The smallest absolute Gasteiger partial charge is 0.0823 e. The Kier molecular flexibility index (Phi) is 4.60. The average molecular weight is 148 g/mol. The van der Waals surface area contributed by atoms with Crippen LogP contribution in [-0.4, -0.2) is 34.6 Å². The molecule has 0 aliphatic carbocycles. The molecule has 10 heavy (non-hydrogen) atoms. The predicted octanol–water partition coefficient (Wildman–Crippen LogP) is -0.396. The summed E-state index contributed by atoms with van der Waals surface area (Å²) in [7, 11) is 0. The molecular formula is C7H16O3. The number of hydrogen-bond acceptors (Lipinski definition) is 3. The Morgan fingerprint density at radius 1 is 1.10 bits per heavy atom. The molecule has 3 heteroatoms. The van der Waals surface area contributed by atoms with Crippen molar-refractivity contribution in [3.05, 3.63) is 0 Å². The van der Waals surface area contributed by atoms with Gasteiger partial charge in [0.15, 0.2) is 0 Å². The van der Waals surface area contributed by atoms with Crippen LogP contribution in [0.3, 0.4) is 0 Å². The highest BCUT2D eigenvalue weighted by molar-refractivity contribution is 4.69. The van der Waals surface area contributed by atoms with Crippen LogP contribution in [0.25, 0.3) is 0 Å². The first-order valence-electron chi connectivity index (χ1n) is 3.53. The van der Waals surface area contributed by atoms with Gasteiger partial charge in [-0.1, -0.05) is 13.8 Å². The average Bonchev–Trinajstić information content (AvgIpc) is 1.88. The van der Waals surface area contributed by atoms with E-state index in [-0.39, 0.29) is 25.0 Å². The minimum atomic E-state index is -0.787. The van der Waals surface area contributed by atoms with E-state index in [4.69, 9.17) is 15.3 Å². The molecule has 62 valence electrons. The number of hydrogen-bond donors (Lipinski definition) is 3. The van der Waals surface area contributed by atoms with Gasteiger partial charge in [0, 0.05) is 12.5 Å². The fraction of sp³-hybridized carbons (Fsp3) is 1.00. The second kappa shape index (κ2) is 4.66. The number of aliphatic hydroxyl groups excluding tert-OH is 3. The Hall–Kier alpha value is -0.120. The molecule has 0 aromatic heterocycles. The van der Waals surface area contributed by atoms with Gasteiger partial charge in [-0.15, -0.1) is 0 Å². The van der Waals surface area contributed by atoms with Crippen molar-refractivity contribution in [3.8, 4) is 0 Å². The summed E-state index contributed by atoms with van der Waals surface area (Å²) in [6.45, 7) is 3.46. The van der Waals surface area contributed by atoms with Gasteiger partial charge in [0.1, 0.15) is 0 Å². The van der Waals surface area contributed by atoms with Gasteiger partial charge in [0.25, 0.3) is 0 Å². The minimum Gasteiger partial charge on any atom is -0.396 e. The molecule has 0 saturated heterocycles. The van der Waals surface area contributed by atoms with Gasteiger partial charge in [-0.05, 0) is 5.92 Å². The molecule has 3 nitrogen and oxygen atoms in total. The van der Waals surface area contributed by atoms with Crippen LogP contribution in [0.5, 0.6) is 0 Å². The van der Waals surface area contributed by atoms with Crippen molar-refractivity contribution >= 4 is 0 Å². The summed E-state index contributed by atoms with van der Waals surface area (Å²) in [6.07, 6.45) is -0.787. The van der Waals surface area contributed by atoms with Crippen molar-refractivity contribution < 1.29 is 15.3 Å². The first-order valence-corrected chi connectivity index (χ1v) is 3.53. The first kappa shape index (κ1) is 9.88. The molecule has 0 radical (unpaired) electrons. The Morgan fingerprint density at radius 3 is 1.70 bits per heavy atom. The zero-order valence-corrected chi connectivity index (χ0v) is 6.49. The second-order valence-electron chi connectivity index (χ2n) is 2.84. The molecule has 0 aliphatic rings. The van der Waals surface area contributed by atoms with Crippen LogP contribution < -0.4 is 0 Å². The fourth-order valence-corrected chi connectivity index (χ4v) is 0.912. The third-order valence-electron chi connectivity index (χ3n) is 1.75. The summed E-state index contributed by atoms with van der Waals surface area (Å²) in [5.74, 6) is -0.00264. The van der Waals surface area contributed by atoms with E-state index in [2.05, 4.69) is 0 Å². The number of aliphatic hydroxyl groups is 3. The van der Waals surface area contributed by atoms with Gasteiger partial charge in [0.05, 0.1) is 12.7 Å². The summed E-state index contributed by atoms with van der Waals surface area (Å²) in [4.78, 5) is 0. The molecule has 3 N–H and O–H groups in total. The zero-order valence-electron chi connectivity index (χ0n) is 6.49. The lowest BCUT2D eigenvalue weighted by Crippen LogP contribution is -2.31. The van der Waals surface area contributed by atoms with Gasteiger partial charge in [0.2, 0.25) is 0 Å². The molecule has 2 atom stereocenters. The summed E-state index contributed by atoms with van der Waals surface area (Å²) in [6, 6.07) is 0. The largest absolute Gasteiger partial charge is 0.396 e. The highest BCUT2D eigenvalue weighted by Crippen LogP contribution is 2.13. The predicted molar refractivity (Wildman–Crippen MR) is 38.5 cm³/mol. The van der Waals surface area contributed by atoms with E-state index in [9.17, 15) is 0 Å². The summed E-state index contributed by atoms with van der Waals surface area (Å²) in [5.41, 5.74) is 0. The van der Waals surface area contributed by atoms with E-state index >= 15 is 0 Å². The molecule has 0 saturated carbocycles. The van der Waals surface area contributed by atoms with Gasteiger partial charge < -0.3 is 15.3 Å². The van der Waals surface area contributed by atoms with E-state index < -0.39 is 6.10 Å². The van der Waals surface area contributed by atoms with Crippen LogP contribution in [0.4, 0.5) is 0 Å². The number of rotatable bonds is 4. The molecule has 0 heterocycles. The quantitative estimate of drug-likeness (QED) is 0.508. The fourth-order valence-electron chi connectivity index (χ4n) is 0.912. The van der Waals surface area contributed by atoms with Crippen LogP contribution >= 0.6 is 0 Å². The molecular weight excluding hydrogens is 132 g/mol. The summed E-state index contributed by atoms with van der Waals surface area (Å²) < 4.78 is 0. The molecule has 0 spiro atoms. The Balaban J connectivity index is 3.80. The van der Waals surface area contributed by atoms with E-state index in [0.717, 1.165) is 0 Å². The van der Waals surface area contributed by atoms with Crippen molar-refractivity contribution in [2.45, 2.75) is 20.0 Å². The maximum Gasteiger partial charge on any atom is 0.0823 e. The van der Waals surface area contributed by atoms with Gasteiger partial charge >= 0.3 is 0 Å². The Labute approximate surface area is 61.3 Å². The molecule has 0 rings (SSSR count). The first-order chi connectivity index (χ1) is 4.63. The van der Waals surface area contributed by atoms with Crippen LogP contribution in [0.1, 0.15) is 13.8 Å². The van der Waals surface area contributed by atoms with Crippen LogP contribution in [0.15, 0.2) is 0 Å². The normalized spacial score (nSPS) is 17.4. The van der Waals surface area contributed by atoms with Gasteiger partial charge in [-0.2, -0.15) is 0 Å². The lowest BCUT2D eigenvalue weighted by molar-refractivity contribution is 0.00345. The van der Waals surface area contributed by atoms with Crippen molar-refractivity contribution in [1.29, 1.82) is 0 Å². The van der Waals surface area contributed by atoms with E-state index in [0.29, 0.717) is 0 Å². The molecule has 0 fully saturated rings. The van der Waals surface area contributed by atoms with Crippen molar-refractivity contribution in [2.24, 2.45) is 11.8 Å². The van der Waals surface area contributed by atoms with Crippen LogP contribution in [-0.2, 0) is 0 Å². The van der Waals surface area contributed by atoms with Crippen molar-refractivity contribution in [2.75, 3.05) is 13.2 Å². The lowest BCUT2D eigenvalue weighted by atomic mass is 9.91. The van der Waals surface area contributed by atoms with Gasteiger partial charge in [-0.3, -0.25) is 0 Å². The maximum absolute atomic E-state index is 9.08. The van der Waals surface area contributed by atoms with E-state index in [1.165, 1.54) is 0 Å². The van der Waals surface area contributed by atoms with Crippen molar-refractivity contribution in [1.82, 2.24) is 0 Å². The Bertz CT molecular complexity index is 82.9. The molecule has 0 aromatic carbocycles. The SMILES string of the molecule is CC(C)C(CO)[C@@H](O)CO. The van der Waals surface area contributed by atoms with Crippen molar-refractivity contribution in [3.63, 3.8) is 0 Å². The monoisotopic (exact) mass is 148 g/mol. The second-order valence-corrected chi connectivity index (χ2v) is 2.84. The molecule has 0 bridgehead atoms. The van der Waals surface area contributed by atoms with Crippen LogP contribution in [0.2, 0.25) is 0 Å². The highest BCUT2D eigenvalue weighted by atomic mass is 16.3. The zero-order chi connectivity index (χ0) is 8.15. The Morgan fingerprint density at radius 2 is 1.60 bits per heavy atom. The molecule has 1 unspecified atom stereocenters. The minimum absolute atomic E-state index is 0.0700. The highest BCUT2D eigenvalue weighted by Gasteiger charge is 2.20. The summed E-state index contributed by atoms with van der Waals surface area (Å²) in [5, 5.41) is 26.3.